The molecular formula is C15H8ClF3N2O2S. The van der Waals surface area contributed by atoms with Gasteiger partial charge < -0.3 is 4.74 Å². The molecule has 1 amide bonds. The Bertz CT molecular complexity index is 894. The topological polar surface area (TPSA) is 51.2 Å². The quantitative estimate of drug-likeness (QED) is 0.695. The van der Waals surface area contributed by atoms with Crippen LogP contribution < -0.4 is 10.1 Å². The zero-order chi connectivity index (χ0) is 17.3. The van der Waals surface area contributed by atoms with E-state index in [1.807, 2.05) is 0 Å². The molecule has 0 aliphatic heterocycles. The van der Waals surface area contributed by atoms with Crippen molar-refractivity contribution in [3.05, 3.63) is 53.1 Å². The Hall–Kier alpha value is -2.32. The second-order valence-corrected chi connectivity index (χ2v) is 6.12. The molecule has 124 valence electrons. The monoisotopic (exact) mass is 372 g/mol. The number of aromatic nitrogens is 1. The van der Waals surface area contributed by atoms with Gasteiger partial charge in [-0.05, 0) is 36.4 Å². The van der Waals surface area contributed by atoms with Gasteiger partial charge in [0.1, 0.15) is 5.75 Å². The SMILES string of the molecule is O=C(Nc1nc2ccc(OC(F)(F)F)cc2s1)c1ccc(Cl)cc1. The number of anilines is 1. The van der Waals surface area contributed by atoms with Crippen LogP contribution in [0.5, 0.6) is 5.75 Å². The minimum absolute atomic E-state index is 0.272. The number of alkyl halides is 3. The smallest absolute Gasteiger partial charge is 0.406 e. The van der Waals surface area contributed by atoms with Gasteiger partial charge in [-0.1, -0.05) is 22.9 Å². The van der Waals surface area contributed by atoms with Crippen molar-refractivity contribution < 1.29 is 22.7 Å². The van der Waals surface area contributed by atoms with Crippen molar-refractivity contribution in [2.24, 2.45) is 0 Å². The van der Waals surface area contributed by atoms with E-state index >= 15 is 0 Å². The summed E-state index contributed by atoms with van der Waals surface area (Å²) in [4.78, 5) is 16.3. The molecule has 0 unspecified atom stereocenters. The molecule has 0 spiro atoms. The number of nitrogens with one attached hydrogen (secondary N) is 1. The number of carbonyl (C=O) groups is 1. The Morgan fingerprint density at radius 3 is 2.54 bits per heavy atom. The molecule has 0 atom stereocenters. The normalized spacial score (nSPS) is 11.5. The van der Waals surface area contributed by atoms with Crippen molar-refractivity contribution in [1.29, 1.82) is 0 Å². The molecule has 0 fully saturated rings. The van der Waals surface area contributed by atoms with Crippen LogP contribution in [0.2, 0.25) is 5.02 Å². The molecule has 1 N–H and O–H groups in total. The Morgan fingerprint density at radius 2 is 1.88 bits per heavy atom. The van der Waals surface area contributed by atoms with Crippen LogP contribution in [0.1, 0.15) is 10.4 Å². The number of hydrogen-bond acceptors (Lipinski definition) is 4. The van der Waals surface area contributed by atoms with E-state index in [0.717, 1.165) is 11.3 Å². The fraction of sp³-hybridized carbons (Fsp3) is 0.0667. The Labute approximate surface area is 142 Å². The summed E-state index contributed by atoms with van der Waals surface area (Å²) in [6.07, 6.45) is -4.76. The third kappa shape index (κ3) is 3.95. The second kappa shape index (κ2) is 6.29. The number of amides is 1. The third-order valence-corrected chi connectivity index (χ3v) is 4.11. The molecule has 4 nitrogen and oxygen atoms in total. The lowest BCUT2D eigenvalue weighted by Crippen LogP contribution is -2.16. The number of carbonyl (C=O) groups excluding carboxylic acids is 1. The minimum atomic E-state index is -4.76. The van der Waals surface area contributed by atoms with Gasteiger partial charge in [0, 0.05) is 16.7 Å². The first-order chi connectivity index (χ1) is 11.3. The van der Waals surface area contributed by atoms with Crippen LogP contribution in [0.15, 0.2) is 42.5 Å². The van der Waals surface area contributed by atoms with Crippen molar-refractivity contribution >= 4 is 44.2 Å². The van der Waals surface area contributed by atoms with Crippen LogP contribution in [0.3, 0.4) is 0 Å². The van der Waals surface area contributed by atoms with Gasteiger partial charge in [0.15, 0.2) is 5.13 Å². The van der Waals surface area contributed by atoms with Crippen LogP contribution in [-0.4, -0.2) is 17.3 Å². The van der Waals surface area contributed by atoms with Gasteiger partial charge in [-0.3, -0.25) is 10.1 Å². The highest BCUT2D eigenvalue weighted by atomic mass is 35.5. The van der Waals surface area contributed by atoms with Crippen molar-refractivity contribution in [3.8, 4) is 5.75 Å². The van der Waals surface area contributed by atoms with E-state index in [1.54, 1.807) is 24.3 Å². The molecule has 1 heterocycles. The van der Waals surface area contributed by atoms with Crippen LogP contribution in [0, 0.1) is 0 Å². The van der Waals surface area contributed by atoms with Gasteiger partial charge in [-0.2, -0.15) is 0 Å². The highest BCUT2D eigenvalue weighted by molar-refractivity contribution is 7.22. The summed E-state index contributed by atoms with van der Waals surface area (Å²) in [5.41, 5.74) is 0.848. The highest BCUT2D eigenvalue weighted by Crippen LogP contribution is 2.31. The van der Waals surface area contributed by atoms with Gasteiger partial charge in [-0.15, -0.1) is 13.2 Å². The molecule has 0 saturated heterocycles. The van der Waals surface area contributed by atoms with Gasteiger partial charge >= 0.3 is 6.36 Å². The molecule has 0 bridgehead atoms. The second-order valence-electron chi connectivity index (χ2n) is 4.66. The summed E-state index contributed by atoms with van der Waals surface area (Å²) in [7, 11) is 0. The molecule has 3 rings (SSSR count). The molecule has 1 aromatic heterocycles. The average Bonchev–Trinajstić information content (AvgIpc) is 2.87. The van der Waals surface area contributed by atoms with E-state index in [0.29, 0.717) is 20.8 Å². The number of thiazole rings is 1. The molecule has 0 aliphatic carbocycles. The predicted octanol–water partition coefficient (Wildman–Crippen LogP) is 5.10. The minimum Gasteiger partial charge on any atom is -0.406 e. The van der Waals surface area contributed by atoms with E-state index in [9.17, 15) is 18.0 Å². The third-order valence-electron chi connectivity index (χ3n) is 2.92. The maximum absolute atomic E-state index is 12.2. The first kappa shape index (κ1) is 16.5. The van der Waals surface area contributed by atoms with Crippen LogP contribution in [0.4, 0.5) is 18.3 Å². The fourth-order valence-corrected chi connectivity index (χ4v) is 2.94. The first-order valence-electron chi connectivity index (χ1n) is 6.53. The van der Waals surface area contributed by atoms with Gasteiger partial charge in [0.25, 0.3) is 5.91 Å². The lowest BCUT2D eigenvalue weighted by molar-refractivity contribution is -0.274. The summed E-state index contributed by atoms with van der Waals surface area (Å²) < 4.78 is 41.0. The van der Waals surface area contributed by atoms with E-state index in [4.69, 9.17) is 11.6 Å². The molecule has 0 radical (unpaired) electrons. The van der Waals surface area contributed by atoms with E-state index in [2.05, 4.69) is 15.0 Å². The average molecular weight is 373 g/mol. The Morgan fingerprint density at radius 1 is 1.17 bits per heavy atom. The Kier molecular flexibility index (Phi) is 4.33. The standard InChI is InChI=1S/C15H8ClF3N2O2S/c16-9-3-1-8(2-4-9)13(22)21-14-20-11-6-5-10(7-12(11)24-14)23-15(17,18)19/h1-7H,(H,20,21,22). The van der Waals surface area contributed by atoms with E-state index in [1.165, 1.54) is 18.2 Å². The molecule has 3 aromatic rings. The van der Waals surface area contributed by atoms with Crippen molar-refractivity contribution in [1.82, 2.24) is 4.98 Å². The summed E-state index contributed by atoms with van der Waals surface area (Å²) in [5.74, 6) is -0.730. The maximum atomic E-state index is 12.2. The zero-order valence-electron chi connectivity index (χ0n) is 11.7. The Balaban J connectivity index is 1.80. The fourth-order valence-electron chi connectivity index (χ4n) is 1.93. The van der Waals surface area contributed by atoms with Crippen LogP contribution in [0.25, 0.3) is 10.2 Å². The van der Waals surface area contributed by atoms with Crippen LogP contribution >= 0.6 is 22.9 Å². The van der Waals surface area contributed by atoms with Gasteiger partial charge in [0.05, 0.1) is 10.2 Å². The number of nitrogens with zero attached hydrogens (tertiary/aromatic N) is 1. The predicted molar refractivity (Wildman–Crippen MR) is 85.7 cm³/mol. The van der Waals surface area contributed by atoms with Crippen molar-refractivity contribution in [3.63, 3.8) is 0 Å². The van der Waals surface area contributed by atoms with Crippen molar-refractivity contribution in [2.75, 3.05) is 5.32 Å². The molecule has 24 heavy (non-hydrogen) atoms. The maximum Gasteiger partial charge on any atom is 0.573 e. The number of halogens is 4. The first-order valence-corrected chi connectivity index (χ1v) is 7.73. The molecular weight excluding hydrogens is 365 g/mol. The zero-order valence-corrected chi connectivity index (χ0v) is 13.3. The highest BCUT2D eigenvalue weighted by Gasteiger charge is 2.31. The van der Waals surface area contributed by atoms with Crippen molar-refractivity contribution in [2.45, 2.75) is 6.36 Å². The lowest BCUT2D eigenvalue weighted by Gasteiger charge is -2.07. The summed E-state index contributed by atoms with van der Waals surface area (Å²) in [6.45, 7) is 0. The summed E-state index contributed by atoms with van der Waals surface area (Å²) in [6, 6.07) is 10.1. The number of rotatable bonds is 3. The number of hydrogen-bond donors (Lipinski definition) is 1. The number of ether oxygens (including phenoxy) is 1. The number of fused-ring (bicyclic) bond motifs is 1. The molecule has 0 aliphatic rings. The number of benzene rings is 2. The van der Waals surface area contributed by atoms with Gasteiger partial charge in [0.2, 0.25) is 0 Å². The van der Waals surface area contributed by atoms with Gasteiger partial charge in [-0.25, -0.2) is 4.98 Å². The van der Waals surface area contributed by atoms with E-state index < -0.39 is 12.3 Å². The van der Waals surface area contributed by atoms with E-state index in [-0.39, 0.29) is 10.9 Å². The molecule has 2 aromatic carbocycles. The summed E-state index contributed by atoms with van der Waals surface area (Å²) >= 11 is 6.80. The largest absolute Gasteiger partial charge is 0.573 e. The lowest BCUT2D eigenvalue weighted by atomic mass is 10.2. The molecule has 0 saturated carbocycles. The molecule has 9 heteroatoms. The van der Waals surface area contributed by atoms with Crippen LogP contribution in [-0.2, 0) is 0 Å². The summed E-state index contributed by atoms with van der Waals surface area (Å²) in [5, 5.41) is 3.37.